The van der Waals surface area contributed by atoms with Gasteiger partial charge in [0.25, 0.3) is 0 Å². The molecule has 0 N–H and O–H groups in total. The monoisotopic (exact) mass is 248 g/mol. The number of fused-ring (bicyclic) bond motifs is 2. The summed E-state index contributed by atoms with van der Waals surface area (Å²) in [6, 6.07) is 15.0. The lowest BCUT2D eigenvalue weighted by Crippen LogP contribution is -2.42. The molecular weight excluding hydrogens is 234 g/mol. The molecule has 1 aliphatic rings. The van der Waals surface area contributed by atoms with Gasteiger partial charge >= 0.3 is 0 Å². The van der Waals surface area contributed by atoms with Gasteiger partial charge in [-0.25, -0.2) is 0 Å². The van der Waals surface area contributed by atoms with Crippen molar-refractivity contribution in [2.24, 2.45) is 0 Å². The number of rotatable bonds is 1. The average molecular weight is 248 g/mol. The summed E-state index contributed by atoms with van der Waals surface area (Å²) >= 11 is 0. The molecule has 2 heteroatoms. The van der Waals surface area contributed by atoms with E-state index in [4.69, 9.17) is 4.42 Å². The summed E-state index contributed by atoms with van der Waals surface area (Å²) in [5.41, 5.74) is 6.64. The third-order valence-corrected chi connectivity index (χ3v) is 3.84. The standard InChI is InChI=1S/C17H14NO/c1-2-5-14-11-18-8-3-6-16(15-7-9-19-12-15)17(18)10-13(14)4-1/h1-9,12H,10-11H2/q+1. The summed E-state index contributed by atoms with van der Waals surface area (Å²) in [6.07, 6.45) is 6.69. The minimum atomic E-state index is 0.956. The quantitative estimate of drug-likeness (QED) is 0.473. The molecule has 3 heterocycles. The SMILES string of the molecule is c1ccc2c(c1)Cc1c(-c3ccoc3)ccc[n+]1C2. The third-order valence-electron chi connectivity index (χ3n) is 3.84. The third kappa shape index (κ3) is 1.68. The lowest BCUT2D eigenvalue weighted by Gasteiger charge is -2.16. The number of nitrogens with zero attached hydrogens (tertiary/aromatic N) is 1. The van der Waals surface area contributed by atoms with Crippen LogP contribution in [0.4, 0.5) is 0 Å². The average Bonchev–Trinajstić information content (AvgIpc) is 2.98. The van der Waals surface area contributed by atoms with Gasteiger partial charge in [-0.1, -0.05) is 24.3 Å². The molecule has 0 fully saturated rings. The molecule has 0 atom stereocenters. The molecule has 0 aliphatic carbocycles. The Bertz CT molecular complexity index is 729. The van der Waals surface area contributed by atoms with Crippen molar-refractivity contribution < 1.29 is 8.98 Å². The van der Waals surface area contributed by atoms with Gasteiger partial charge in [-0.15, -0.1) is 0 Å². The summed E-state index contributed by atoms with van der Waals surface area (Å²) in [7, 11) is 0. The van der Waals surface area contributed by atoms with Crippen LogP contribution in [0.1, 0.15) is 16.8 Å². The van der Waals surface area contributed by atoms with Crippen LogP contribution >= 0.6 is 0 Å². The molecule has 0 bridgehead atoms. The summed E-state index contributed by atoms with van der Waals surface area (Å²) in [6.45, 7) is 0.956. The largest absolute Gasteiger partial charge is 0.472 e. The number of pyridine rings is 1. The highest BCUT2D eigenvalue weighted by Crippen LogP contribution is 2.27. The first kappa shape index (κ1) is 10.6. The first-order valence-corrected chi connectivity index (χ1v) is 6.52. The maximum atomic E-state index is 5.22. The predicted molar refractivity (Wildman–Crippen MR) is 72.7 cm³/mol. The van der Waals surface area contributed by atoms with E-state index in [0.29, 0.717) is 0 Å². The molecule has 2 aromatic heterocycles. The van der Waals surface area contributed by atoms with Crippen LogP contribution in [-0.2, 0) is 13.0 Å². The Balaban J connectivity index is 1.88. The predicted octanol–water partition coefficient (Wildman–Crippen LogP) is 3.19. The Kier molecular flexibility index (Phi) is 2.27. The van der Waals surface area contributed by atoms with Crippen LogP contribution in [0.15, 0.2) is 65.6 Å². The Labute approximate surface area is 111 Å². The van der Waals surface area contributed by atoms with Gasteiger partial charge in [-0.2, -0.15) is 4.57 Å². The highest BCUT2D eigenvalue weighted by Gasteiger charge is 2.24. The second-order valence-corrected chi connectivity index (χ2v) is 4.95. The fourth-order valence-electron chi connectivity index (χ4n) is 2.86. The molecule has 0 unspecified atom stereocenters. The molecule has 2 nitrogen and oxygen atoms in total. The van der Waals surface area contributed by atoms with Crippen LogP contribution in [0.2, 0.25) is 0 Å². The minimum absolute atomic E-state index is 0.956. The van der Waals surface area contributed by atoms with Crippen molar-refractivity contribution in [3.05, 3.63) is 78.0 Å². The first-order valence-electron chi connectivity index (χ1n) is 6.52. The molecular formula is C17H14NO+. The highest BCUT2D eigenvalue weighted by atomic mass is 16.3. The van der Waals surface area contributed by atoms with Crippen molar-refractivity contribution in [3.8, 4) is 11.1 Å². The van der Waals surface area contributed by atoms with E-state index in [2.05, 4.69) is 47.2 Å². The van der Waals surface area contributed by atoms with E-state index in [-0.39, 0.29) is 0 Å². The molecule has 4 rings (SSSR count). The molecule has 0 radical (unpaired) electrons. The number of hydrogen-bond acceptors (Lipinski definition) is 1. The Hall–Kier alpha value is -2.35. The summed E-state index contributed by atoms with van der Waals surface area (Å²) < 4.78 is 7.56. The van der Waals surface area contributed by atoms with Crippen LogP contribution in [0.3, 0.4) is 0 Å². The van der Waals surface area contributed by atoms with Crippen molar-refractivity contribution >= 4 is 0 Å². The van der Waals surface area contributed by atoms with Gasteiger partial charge in [-0.3, -0.25) is 0 Å². The summed E-state index contributed by atoms with van der Waals surface area (Å²) in [5.74, 6) is 0. The zero-order valence-corrected chi connectivity index (χ0v) is 10.5. The van der Waals surface area contributed by atoms with Crippen LogP contribution < -0.4 is 4.57 Å². The normalized spacial score (nSPS) is 12.8. The number of benzene rings is 1. The van der Waals surface area contributed by atoms with E-state index >= 15 is 0 Å². The second-order valence-electron chi connectivity index (χ2n) is 4.95. The molecule has 0 saturated carbocycles. The molecule has 0 saturated heterocycles. The molecule has 0 spiro atoms. The van der Waals surface area contributed by atoms with Crippen molar-refractivity contribution in [1.82, 2.24) is 0 Å². The van der Waals surface area contributed by atoms with Crippen molar-refractivity contribution in [2.75, 3.05) is 0 Å². The molecule has 1 aromatic carbocycles. The van der Waals surface area contributed by atoms with Crippen molar-refractivity contribution in [1.29, 1.82) is 0 Å². The van der Waals surface area contributed by atoms with Gasteiger partial charge in [0, 0.05) is 17.2 Å². The van der Waals surface area contributed by atoms with E-state index < -0.39 is 0 Å². The van der Waals surface area contributed by atoms with Crippen molar-refractivity contribution in [2.45, 2.75) is 13.0 Å². The number of hydrogen-bond donors (Lipinski definition) is 0. The summed E-state index contributed by atoms with van der Waals surface area (Å²) in [5, 5.41) is 0. The van der Waals surface area contributed by atoms with Crippen LogP contribution in [0.25, 0.3) is 11.1 Å². The van der Waals surface area contributed by atoms with Crippen LogP contribution in [-0.4, -0.2) is 0 Å². The first-order chi connectivity index (χ1) is 9.42. The molecule has 0 amide bonds. The molecule has 19 heavy (non-hydrogen) atoms. The Morgan fingerprint density at radius 3 is 2.68 bits per heavy atom. The minimum Gasteiger partial charge on any atom is -0.472 e. The molecule has 3 aromatic rings. The van der Waals surface area contributed by atoms with Gasteiger partial charge in [0.15, 0.2) is 18.4 Å². The molecule has 1 aliphatic heterocycles. The second kappa shape index (κ2) is 4.09. The van der Waals surface area contributed by atoms with E-state index in [1.807, 2.05) is 12.3 Å². The number of furan rings is 1. The van der Waals surface area contributed by atoms with Crippen molar-refractivity contribution in [3.63, 3.8) is 0 Å². The van der Waals surface area contributed by atoms with Gasteiger partial charge in [0.05, 0.1) is 24.5 Å². The van der Waals surface area contributed by atoms with E-state index in [1.54, 1.807) is 6.26 Å². The summed E-state index contributed by atoms with van der Waals surface area (Å²) in [4.78, 5) is 0. The van der Waals surface area contributed by atoms with E-state index in [0.717, 1.165) is 18.5 Å². The Morgan fingerprint density at radius 1 is 0.947 bits per heavy atom. The van der Waals surface area contributed by atoms with Crippen LogP contribution in [0, 0.1) is 0 Å². The lowest BCUT2D eigenvalue weighted by atomic mass is 9.94. The van der Waals surface area contributed by atoms with Crippen LogP contribution in [0.5, 0.6) is 0 Å². The number of aromatic nitrogens is 1. The van der Waals surface area contributed by atoms with Gasteiger partial charge in [0.1, 0.15) is 0 Å². The Morgan fingerprint density at radius 2 is 1.84 bits per heavy atom. The van der Waals surface area contributed by atoms with Gasteiger partial charge in [0.2, 0.25) is 0 Å². The zero-order chi connectivity index (χ0) is 12.7. The maximum Gasteiger partial charge on any atom is 0.194 e. The topological polar surface area (TPSA) is 17.0 Å². The zero-order valence-electron chi connectivity index (χ0n) is 10.5. The fraction of sp³-hybridized carbons (Fsp3) is 0.118. The molecule has 92 valence electrons. The smallest absolute Gasteiger partial charge is 0.194 e. The fourth-order valence-corrected chi connectivity index (χ4v) is 2.86. The lowest BCUT2D eigenvalue weighted by molar-refractivity contribution is -0.697. The van der Waals surface area contributed by atoms with Gasteiger partial charge in [-0.05, 0) is 17.7 Å². The van der Waals surface area contributed by atoms with Gasteiger partial charge < -0.3 is 4.42 Å². The highest BCUT2D eigenvalue weighted by molar-refractivity contribution is 5.64. The van der Waals surface area contributed by atoms with E-state index in [9.17, 15) is 0 Å². The van der Waals surface area contributed by atoms with E-state index in [1.165, 1.54) is 22.4 Å². The maximum absolute atomic E-state index is 5.22.